The highest BCUT2D eigenvalue weighted by Gasteiger charge is 2.45. The minimum absolute atomic E-state index is 0.0213. The number of nitrogens with one attached hydrogen (secondary N) is 1. The maximum atomic E-state index is 12.4. The van der Waals surface area contributed by atoms with E-state index in [4.69, 9.17) is 4.42 Å². The molecule has 3 aromatic rings. The van der Waals surface area contributed by atoms with Crippen LogP contribution in [0.3, 0.4) is 0 Å². The van der Waals surface area contributed by atoms with Gasteiger partial charge in [-0.15, -0.1) is 0 Å². The summed E-state index contributed by atoms with van der Waals surface area (Å²) in [7, 11) is 3.49. The van der Waals surface area contributed by atoms with Gasteiger partial charge in [-0.25, -0.2) is 0 Å². The van der Waals surface area contributed by atoms with Crippen molar-refractivity contribution < 1.29 is 14.0 Å². The molecule has 2 amide bonds. The van der Waals surface area contributed by atoms with Gasteiger partial charge in [0.2, 0.25) is 11.8 Å². The maximum absolute atomic E-state index is 12.4. The van der Waals surface area contributed by atoms with Crippen molar-refractivity contribution in [1.82, 2.24) is 9.47 Å². The van der Waals surface area contributed by atoms with Crippen LogP contribution in [0.2, 0.25) is 0 Å². The largest absolute Gasteiger partial charge is 0.469 e. The predicted octanol–water partition coefficient (Wildman–Crippen LogP) is 3.06. The van der Waals surface area contributed by atoms with Gasteiger partial charge >= 0.3 is 0 Å². The number of likely N-dealkylation sites (N-methyl/N-ethyl adjacent to an activating group) is 1. The normalized spacial score (nSPS) is 18.7. The minimum Gasteiger partial charge on any atom is -0.469 e. The van der Waals surface area contributed by atoms with Gasteiger partial charge in [0, 0.05) is 48.7 Å². The molecule has 4 rings (SSSR count). The minimum atomic E-state index is -0.0286. The van der Waals surface area contributed by atoms with Crippen LogP contribution in [0.15, 0.2) is 53.3 Å². The summed E-state index contributed by atoms with van der Waals surface area (Å²) in [5, 5.41) is 3.98. The lowest BCUT2D eigenvalue weighted by atomic mass is 10.2. The number of nitrogens with zero attached hydrogens (tertiary/aromatic N) is 2. The highest BCUT2D eigenvalue weighted by Crippen LogP contribution is 2.48. The van der Waals surface area contributed by atoms with Crippen LogP contribution in [-0.2, 0) is 16.1 Å². The Morgan fingerprint density at radius 3 is 2.85 bits per heavy atom. The fourth-order valence-electron chi connectivity index (χ4n) is 3.24. The van der Waals surface area contributed by atoms with Gasteiger partial charge in [0.25, 0.3) is 0 Å². The van der Waals surface area contributed by atoms with Gasteiger partial charge in [-0.1, -0.05) is 0 Å². The number of aromatic nitrogens is 1. The van der Waals surface area contributed by atoms with E-state index in [0.717, 1.165) is 28.8 Å². The Bertz CT molecular complexity index is 956. The molecule has 6 heteroatoms. The van der Waals surface area contributed by atoms with Crippen LogP contribution in [0.5, 0.6) is 0 Å². The topological polar surface area (TPSA) is 67.5 Å². The van der Waals surface area contributed by atoms with Gasteiger partial charge in [0.05, 0.1) is 6.26 Å². The molecular formula is C20H21N3O3. The summed E-state index contributed by atoms with van der Waals surface area (Å²) in [4.78, 5) is 25.9. The van der Waals surface area contributed by atoms with Crippen LogP contribution in [0.4, 0.5) is 5.69 Å². The van der Waals surface area contributed by atoms with Crippen molar-refractivity contribution in [3.05, 3.63) is 54.6 Å². The van der Waals surface area contributed by atoms with Crippen LogP contribution in [0.1, 0.15) is 18.1 Å². The molecule has 2 aromatic heterocycles. The summed E-state index contributed by atoms with van der Waals surface area (Å²) in [6, 6.07) is 11.5. The summed E-state index contributed by atoms with van der Waals surface area (Å²) in [5.41, 5.74) is 1.74. The summed E-state index contributed by atoms with van der Waals surface area (Å²) in [6.07, 6.45) is 4.36. The van der Waals surface area contributed by atoms with Crippen molar-refractivity contribution in [2.75, 3.05) is 19.4 Å². The smallest absolute Gasteiger partial charge is 0.241 e. The second-order valence-electron chi connectivity index (χ2n) is 6.96. The highest BCUT2D eigenvalue weighted by molar-refractivity contribution is 5.97. The standard InChI is InChI=1S/C20H21N3O3/c1-22(2)19(24)12-23-8-7-13-10-14(5-6-17(13)23)21-20(25)16-11-15(16)18-4-3-9-26-18/h3-10,15-16H,11-12H2,1-2H3,(H,21,25)/t15-,16+/m1/s1. The molecule has 1 aliphatic carbocycles. The van der Waals surface area contributed by atoms with Crippen LogP contribution < -0.4 is 5.32 Å². The molecule has 26 heavy (non-hydrogen) atoms. The molecule has 2 heterocycles. The molecule has 0 saturated heterocycles. The molecule has 1 fully saturated rings. The van der Waals surface area contributed by atoms with Crippen LogP contribution in [-0.4, -0.2) is 35.4 Å². The molecule has 0 spiro atoms. The summed E-state index contributed by atoms with van der Waals surface area (Å²) in [6.45, 7) is 0.301. The second-order valence-corrected chi connectivity index (χ2v) is 6.96. The third-order valence-electron chi connectivity index (χ3n) is 4.88. The number of carbonyl (C=O) groups excluding carboxylic acids is 2. The van der Waals surface area contributed by atoms with E-state index >= 15 is 0 Å². The van der Waals surface area contributed by atoms with Crippen LogP contribution in [0, 0.1) is 5.92 Å². The van der Waals surface area contributed by atoms with E-state index in [1.54, 1.807) is 25.3 Å². The van der Waals surface area contributed by atoms with Gasteiger partial charge in [0.1, 0.15) is 12.3 Å². The quantitative estimate of drug-likeness (QED) is 0.768. The second kappa shape index (κ2) is 6.37. The zero-order valence-corrected chi connectivity index (χ0v) is 14.8. The highest BCUT2D eigenvalue weighted by atomic mass is 16.3. The Balaban J connectivity index is 1.45. The number of carbonyl (C=O) groups is 2. The lowest BCUT2D eigenvalue weighted by Gasteiger charge is -2.12. The molecule has 134 valence electrons. The third kappa shape index (κ3) is 3.10. The Kier molecular flexibility index (Phi) is 4.03. The van der Waals surface area contributed by atoms with Crippen LogP contribution >= 0.6 is 0 Å². The molecule has 0 radical (unpaired) electrons. The van der Waals surface area contributed by atoms with Crippen molar-refractivity contribution in [2.24, 2.45) is 5.92 Å². The molecule has 1 aromatic carbocycles. The Hall–Kier alpha value is -3.02. The Morgan fingerprint density at radius 1 is 1.27 bits per heavy atom. The number of hydrogen-bond acceptors (Lipinski definition) is 3. The predicted molar refractivity (Wildman–Crippen MR) is 98.8 cm³/mol. The third-order valence-corrected chi connectivity index (χ3v) is 4.88. The Labute approximate surface area is 151 Å². The van der Waals surface area contributed by atoms with Gasteiger partial charge in [0.15, 0.2) is 0 Å². The average Bonchev–Trinajstić information content (AvgIpc) is 3.05. The maximum Gasteiger partial charge on any atom is 0.241 e. The molecule has 6 nitrogen and oxygen atoms in total. The molecule has 1 N–H and O–H groups in total. The van der Waals surface area contributed by atoms with Crippen molar-refractivity contribution >= 4 is 28.4 Å². The monoisotopic (exact) mass is 351 g/mol. The van der Waals surface area contributed by atoms with Gasteiger partial charge in [-0.3, -0.25) is 9.59 Å². The van der Waals surface area contributed by atoms with E-state index in [9.17, 15) is 9.59 Å². The Morgan fingerprint density at radius 2 is 2.12 bits per heavy atom. The lowest BCUT2D eigenvalue weighted by Crippen LogP contribution is -2.25. The van der Waals surface area contributed by atoms with Crippen molar-refractivity contribution in [2.45, 2.75) is 18.9 Å². The van der Waals surface area contributed by atoms with E-state index in [1.807, 2.05) is 47.2 Å². The lowest BCUT2D eigenvalue weighted by molar-refractivity contribution is -0.129. The molecule has 2 atom stereocenters. The van der Waals surface area contributed by atoms with E-state index in [1.165, 1.54) is 0 Å². The number of amides is 2. The van der Waals surface area contributed by atoms with Crippen LogP contribution in [0.25, 0.3) is 10.9 Å². The molecular weight excluding hydrogens is 330 g/mol. The first-order valence-electron chi connectivity index (χ1n) is 8.66. The number of anilines is 1. The molecule has 0 bridgehead atoms. The average molecular weight is 351 g/mol. The first kappa shape index (κ1) is 16.4. The van der Waals surface area contributed by atoms with Crippen molar-refractivity contribution in [3.63, 3.8) is 0 Å². The van der Waals surface area contributed by atoms with Gasteiger partial charge in [-0.2, -0.15) is 0 Å². The summed E-state index contributed by atoms with van der Waals surface area (Å²) < 4.78 is 7.30. The number of furan rings is 1. The van der Waals surface area contributed by atoms with E-state index in [0.29, 0.717) is 6.54 Å². The van der Waals surface area contributed by atoms with E-state index in [2.05, 4.69) is 5.32 Å². The fourth-order valence-corrected chi connectivity index (χ4v) is 3.24. The molecule has 0 aliphatic heterocycles. The zero-order valence-electron chi connectivity index (χ0n) is 14.8. The number of rotatable bonds is 5. The van der Waals surface area contributed by atoms with E-state index < -0.39 is 0 Å². The first-order valence-corrected chi connectivity index (χ1v) is 8.66. The molecule has 0 unspecified atom stereocenters. The zero-order chi connectivity index (χ0) is 18.3. The number of fused-ring (bicyclic) bond motifs is 1. The molecule has 1 saturated carbocycles. The van der Waals surface area contributed by atoms with Crippen molar-refractivity contribution in [3.8, 4) is 0 Å². The van der Waals surface area contributed by atoms with Gasteiger partial charge < -0.3 is 19.2 Å². The summed E-state index contributed by atoms with van der Waals surface area (Å²) in [5.74, 6) is 1.10. The van der Waals surface area contributed by atoms with E-state index in [-0.39, 0.29) is 23.7 Å². The fraction of sp³-hybridized carbons (Fsp3) is 0.300. The summed E-state index contributed by atoms with van der Waals surface area (Å²) >= 11 is 0. The van der Waals surface area contributed by atoms with Gasteiger partial charge in [-0.05, 0) is 42.8 Å². The number of benzene rings is 1. The van der Waals surface area contributed by atoms with Crippen molar-refractivity contribution in [1.29, 1.82) is 0 Å². The SMILES string of the molecule is CN(C)C(=O)Cn1ccc2cc(NC(=O)[C@H]3C[C@H]3c3ccco3)ccc21. The number of hydrogen-bond donors (Lipinski definition) is 1. The first-order chi connectivity index (χ1) is 12.5. The molecule has 1 aliphatic rings.